The number of carbonyl (C=O) groups excluding carboxylic acids is 1. The number of hydrogen-bond acceptors (Lipinski definition) is 7. The summed E-state index contributed by atoms with van der Waals surface area (Å²) in [6.07, 6.45) is 0.742. The zero-order chi connectivity index (χ0) is 24.5. The first-order valence-electron chi connectivity index (χ1n) is 11.4. The maximum Gasteiger partial charge on any atom is 0.256 e. The van der Waals surface area contributed by atoms with Crippen LogP contribution in [0.3, 0.4) is 0 Å². The number of thioether (sulfide) groups is 1. The fraction of sp³-hybridized carbons (Fsp3) is 0.308. The van der Waals surface area contributed by atoms with Crippen molar-refractivity contribution in [1.82, 2.24) is 24.5 Å². The Balaban J connectivity index is 1.46. The van der Waals surface area contributed by atoms with Gasteiger partial charge in [0.05, 0.1) is 26.0 Å². The fourth-order valence-corrected chi connectivity index (χ4v) is 5.58. The number of aromatic nitrogens is 4. The summed E-state index contributed by atoms with van der Waals surface area (Å²) in [7, 11) is 3.27. The van der Waals surface area contributed by atoms with Crippen molar-refractivity contribution >= 4 is 23.4 Å². The summed E-state index contributed by atoms with van der Waals surface area (Å²) in [5.74, 6) is 2.20. The Morgan fingerprint density at radius 1 is 1.06 bits per heavy atom. The topological polar surface area (TPSA) is 81.9 Å². The molecule has 0 aliphatic carbocycles. The molecule has 0 N–H and O–H groups in total. The number of rotatable bonds is 6. The van der Waals surface area contributed by atoms with Gasteiger partial charge in [-0.25, -0.2) is 4.98 Å². The minimum absolute atomic E-state index is 0.0405. The normalized spacial score (nSPS) is 15.2. The molecule has 1 aliphatic rings. The molecule has 0 radical (unpaired) electrons. The standard InChI is InChI=1S/C26H27N5O3S/c1-16-12-17(2)31-25(27-16)28-29-26(31)35-15-23(32)30-11-10-19-13-21(33-3)22(34-4)14-20(19)24(30)18-8-6-5-7-9-18/h5-9,12-14,24H,10-11,15H2,1-4H3. The fourth-order valence-electron chi connectivity index (χ4n) is 4.71. The molecule has 4 aromatic rings. The molecule has 2 aromatic carbocycles. The Kier molecular flexibility index (Phi) is 6.34. The minimum atomic E-state index is -0.214. The molecule has 1 amide bonds. The molecule has 0 bridgehead atoms. The van der Waals surface area contributed by atoms with E-state index in [-0.39, 0.29) is 17.7 Å². The van der Waals surface area contributed by atoms with Crippen LogP contribution >= 0.6 is 11.8 Å². The van der Waals surface area contributed by atoms with Gasteiger partial charge in [-0.1, -0.05) is 42.1 Å². The highest BCUT2D eigenvalue weighted by molar-refractivity contribution is 7.99. The van der Waals surface area contributed by atoms with E-state index in [9.17, 15) is 4.79 Å². The predicted molar refractivity (Wildman–Crippen MR) is 134 cm³/mol. The van der Waals surface area contributed by atoms with Crippen LogP contribution in [0.25, 0.3) is 5.78 Å². The van der Waals surface area contributed by atoms with Crippen LogP contribution in [0.4, 0.5) is 0 Å². The van der Waals surface area contributed by atoms with E-state index >= 15 is 0 Å². The highest BCUT2D eigenvalue weighted by atomic mass is 32.2. The molecule has 180 valence electrons. The summed E-state index contributed by atoms with van der Waals surface area (Å²) in [4.78, 5) is 20.0. The third-order valence-electron chi connectivity index (χ3n) is 6.30. The molecule has 3 heterocycles. The lowest BCUT2D eigenvalue weighted by molar-refractivity contribution is -0.130. The number of carbonyl (C=O) groups is 1. The van der Waals surface area contributed by atoms with E-state index in [1.54, 1.807) is 14.2 Å². The average molecular weight is 490 g/mol. The van der Waals surface area contributed by atoms with Gasteiger partial charge in [0.15, 0.2) is 16.7 Å². The van der Waals surface area contributed by atoms with E-state index in [1.165, 1.54) is 11.8 Å². The van der Waals surface area contributed by atoms with Crippen LogP contribution in [0.5, 0.6) is 11.5 Å². The molecule has 0 spiro atoms. The van der Waals surface area contributed by atoms with Crippen molar-refractivity contribution < 1.29 is 14.3 Å². The number of fused-ring (bicyclic) bond motifs is 2. The second-order valence-electron chi connectivity index (χ2n) is 8.50. The smallest absolute Gasteiger partial charge is 0.256 e. The number of ether oxygens (including phenoxy) is 2. The highest BCUT2D eigenvalue weighted by Gasteiger charge is 2.33. The molecule has 5 rings (SSSR count). The molecular formula is C26H27N5O3S. The molecule has 2 aromatic heterocycles. The molecule has 1 unspecified atom stereocenters. The summed E-state index contributed by atoms with van der Waals surface area (Å²) in [5, 5.41) is 9.14. The number of methoxy groups -OCH3 is 2. The van der Waals surface area contributed by atoms with Gasteiger partial charge >= 0.3 is 0 Å². The molecule has 1 atom stereocenters. The summed E-state index contributed by atoms with van der Waals surface area (Å²) in [6, 6.07) is 15.9. The van der Waals surface area contributed by atoms with Gasteiger partial charge in [-0.15, -0.1) is 10.2 Å². The van der Waals surface area contributed by atoms with E-state index in [2.05, 4.69) is 27.3 Å². The van der Waals surface area contributed by atoms with Gasteiger partial charge < -0.3 is 14.4 Å². The number of amides is 1. The van der Waals surface area contributed by atoms with E-state index in [4.69, 9.17) is 9.47 Å². The van der Waals surface area contributed by atoms with Gasteiger partial charge in [0.1, 0.15) is 0 Å². The molecule has 9 heteroatoms. The van der Waals surface area contributed by atoms with Crippen LogP contribution in [0.15, 0.2) is 53.7 Å². The lowest BCUT2D eigenvalue weighted by Crippen LogP contribution is -2.41. The summed E-state index contributed by atoms with van der Waals surface area (Å²) >= 11 is 1.38. The monoisotopic (exact) mass is 489 g/mol. The number of aryl methyl sites for hydroxylation is 2. The van der Waals surface area contributed by atoms with Crippen molar-refractivity contribution in [1.29, 1.82) is 0 Å². The van der Waals surface area contributed by atoms with Crippen molar-refractivity contribution in [2.45, 2.75) is 31.5 Å². The van der Waals surface area contributed by atoms with Crippen LogP contribution in [-0.2, 0) is 11.2 Å². The van der Waals surface area contributed by atoms with Crippen LogP contribution < -0.4 is 9.47 Å². The van der Waals surface area contributed by atoms with Gasteiger partial charge in [-0.3, -0.25) is 9.20 Å². The summed E-state index contributed by atoms with van der Waals surface area (Å²) < 4.78 is 13.0. The third kappa shape index (κ3) is 4.32. The van der Waals surface area contributed by atoms with Crippen molar-refractivity contribution in [2.24, 2.45) is 0 Å². The maximum atomic E-state index is 13.6. The molecule has 1 aliphatic heterocycles. The average Bonchev–Trinajstić information content (AvgIpc) is 3.29. The first kappa shape index (κ1) is 23.2. The van der Waals surface area contributed by atoms with E-state index < -0.39 is 0 Å². The van der Waals surface area contributed by atoms with E-state index in [0.717, 1.165) is 34.5 Å². The van der Waals surface area contributed by atoms with Crippen LogP contribution in [0.2, 0.25) is 0 Å². The molecule has 8 nitrogen and oxygen atoms in total. The zero-order valence-corrected chi connectivity index (χ0v) is 21.0. The van der Waals surface area contributed by atoms with E-state index in [1.807, 2.05) is 59.5 Å². The SMILES string of the molecule is COc1cc2c(cc1OC)C(c1ccccc1)N(C(=O)CSc1nnc3nc(C)cc(C)n13)CC2. The van der Waals surface area contributed by atoms with Gasteiger partial charge in [0, 0.05) is 17.9 Å². The molecule has 0 saturated carbocycles. The van der Waals surface area contributed by atoms with Crippen molar-refractivity contribution in [3.8, 4) is 11.5 Å². The second-order valence-corrected chi connectivity index (χ2v) is 9.44. The number of hydrogen-bond donors (Lipinski definition) is 0. The zero-order valence-electron chi connectivity index (χ0n) is 20.2. The van der Waals surface area contributed by atoms with Crippen molar-refractivity contribution in [3.05, 3.63) is 76.6 Å². The summed E-state index contributed by atoms with van der Waals surface area (Å²) in [6.45, 7) is 4.54. The van der Waals surface area contributed by atoms with Crippen LogP contribution in [0.1, 0.15) is 34.1 Å². The first-order chi connectivity index (χ1) is 17.0. The van der Waals surface area contributed by atoms with Crippen LogP contribution in [-0.4, -0.2) is 56.9 Å². The first-order valence-corrected chi connectivity index (χ1v) is 12.4. The van der Waals surface area contributed by atoms with Crippen LogP contribution in [0, 0.1) is 13.8 Å². The van der Waals surface area contributed by atoms with Gasteiger partial charge in [0.2, 0.25) is 5.91 Å². The van der Waals surface area contributed by atoms with Crippen molar-refractivity contribution in [3.63, 3.8) is 0 Å². The molecule has 0 fully saturated rings. The second kappa shape index (κ2) is 9.58. The Morgan fingerprint density at radius 2 is 1.80 bits per heavy atom. The summed E-state index contributed by atoms with van der Waals surface area (Å²) in [5.41, 5.74) is 5.15. The third-order valence-corrected chi connectivity index (χ3v) is 7.21. The van der Waals surface area contributed by atoms with Crippen molar-refractivity contribution in [2.75, 3.05) is 26.5 Å². The molecule has 0 saturated heterocycles. The minimum Gasteiger partial charge on any atom is -0.493 e. The highest BCUT2D eigenvalue weighted by Crippen LogP contribution is 2.41. The number of benzene rings is 2. The largest absolute Gasteiger partial charge is 0.493 e. The van der Waals surface area contributed by atoms with Gasteiger partial charge in [-0.2, -0.15) is 0 Å². The predicted octanol–water partition coefficient (Wildman–Crippen LogP) is 4.02. The van der Waals surface area contributed by atoms with Gasteiger partial charge in [-0.05, 0) is 55.2 Å². The number of nitrogens with zero attached hydrogens (tertiary/aromatic N) is 5. The quantitative estimate of drug-likeness (QED) is 0.378. The Morgan fingerprint density at radius 3 is 2.54 bits per heavy atom. The maximum absolute atomic E-state index is 13.6. The Labute approximate surface area is 208 Å². The van der Waals surface area contributed by atoms with Gasteiger partial charge in [0.25, 0.3) is 5.78 Å². The Hall–Kier alpha value is -3.59. The lowest BCUT2D eigenvalue weighted by Gasteiger charge is -2.38. The lowest BCUT2D eigenvalue weighted by atomic mass is 9.87. The van der Waals surface area contributed by atoms with E-state index in [0.29, 0.717) is 29.0 Å². The Bertz CT molecular complexity index is 1390. The molecular weight excluding hydrogens is 462 g/mol. The molecule has 35 heavy (non-hydrogen) atoms.